The average Bonchev–Trinajstić information content (AvgIpc) is 2.85. The van der Waals surface area contributed by atoms with E-state index < -0.39 is 0 Å². The van der Waals surface area contributed by atoms with Crippen LogP contribution in [0.5, 0.6) is 0 Å². The first-order valence-corrected chi connectivity index (χ1v) is 8.07. The van der Waals surface area contributed by atoms with E-state index >= 15 is 0 Å². The second-order valence-electron chi connectivity index (χ2n) is 6.83. The molecule has 2 aliphatic rings. The van der Waals surface area contributed by atoms with Crippen molar-refractivity contribution in [3.05, 3.63) is 0 Å². The van der Waals surface area contributed by atoms with Gasteiger partial charge in [0.1, 0.15) is 0 Å². The summed E-state index contributed by atoms with van der Waals surface area (Å²) in [6.07, 6.45) is 9.53. The highest BCUT2D eigenvalue weighted by atomic mass is 15.2. The van der Waals surface area contributed by atoms with Gasteiger partial charge in [0.25, 0.3) is 0 Å². The fourth-order valence-electron chi connectivity index (χ4n) is 4.44. The van der Waals surface area contributed by atoms with E-state index in [0.29, 0.717) is 11.0 Å². The lowest BCUT2D eigenvalue weighted by Crippen LogP contribution is -2.58. The van der Waals surface area contributed by atoms with Crippen LogP contribution in [0.25, 0.3) is 0 Å². The summed E-state index contributed by atoms with van der Waals surface area (Å²) < 4.78 is 0. The molecule has 0 amide bonds. The monoisotopic (exact) mass is 252 g/mol. The quantitative estimate of drug-likeness (QED) is 0.831. The average molecular weight is 252 g/mol. The summed E-state index contributed by atoms with van der Waals surface area (Å²) >= 11 is 0. The molecule has 106 valence electrons. The number of hydrogen-bond acceptors (Lipinski definition) is 2. The van der Waals surface area contributed by atoms with Gasteiger partial charge in [-0.25, -0.2) is 0 Å². The Morgan fingerprint density at radius 2 is 1.89 bits per heavy atom. The van der Waals surface area contributed by atoms with Gasteiger partial charge in [-0.15, -0.1) is 0 Å². The highest BCUT2D eigenvalue weighted by Gasteiger charge is 2.47. The Balaban J connectivity index is 2.14. The predicted octanol–water partition coefficient (Wildman–Crippen LogP) is 3.41. The van der Waals surface area contributed by atoms with Crippen molar-refractivity contribution >= 4 is 0 Å². The highest BCUT2D eigenvalue weighted by Crippen LogP contribution is 2.45. The normalized spacial score (nSPS) is 37.0. The minimum absolute atomic E-state index is 0.324. The Hall–Kier alpha value is -0.0800. The third kappa shape index (κ3) is 2.22. The Labute approximate surface area is 113 Å². The van der Waals surface area contributed by atoms with Crippen LogP contribution >= 0.6 is 0 Å². The van der Waals surface area contributed by atoms with Crippen LogP contribution in [0.15, 0.2) is 0 Å². The van der Waals surface area contributed by atoms with Crippen LogP contribution in [-0.4, -0.2) is 30.1 Å². The number of nitrogens with zero attached hydrogens (tertiary/aromatic N) is 1. The molecular weight excluding hydrogens is 220 g/mol. The fraction of sp³-hybridized carbons (Fsp3) is 1.00. The van der Waals surface area contributed by atoms with Crippen molar-refractivity contribution in [2.75, 3.05) is 19.6 Å². The molecule has 2 nitrogen and oxygen atoms in total. The molecule has 18 heavy (non-hydrogen) atoms. The van der Waals surface area contributed by atoms with Gasteiger partial charge in [0.15, 0.2) is 0 Å². The lowest BCUT2D eigenvalue weighted by atomic mass is 9.72. The summed E-state index contributed by atoms with van der Waals surface area (Å²) in [6, 6.07) is 0. The standard InChI is InChI=1S/C16H32N2/c1-4-15(5-2)10-11-18(13-15)16(12-17)9-7-6-8-14(16)3/h14H,4-13,17H2,1-3H3. The third-order valence-electron chi connectivity index (χ3n) is 6.34. The molecule has 0 aromatic carbocycles. The van der Waals surface area contributed by atoms with Crippen molar-refractivity contribution in [1.82, 2.24) is 4.90 Å². The van der Waals surface area contributed by atoms with E-state index in [0.717, 1.165) is 12.5 Å². The van der Waals surface area contributed by atoms with Crippen molar-refractivity contribution in [1.29, 1.82) is 0 Å². The predicted molar refractivity (Wildman–Crippen MR) is 78.6 cm³/mol. The summed E-state index contributed by atoms with van der Waals surface area (Å²) in [5, 5.41) is 0. The van der Waals surface area contributed by atoms with Crippen molar-refractivity contribution in [3.63, 3.8) is 0 Å². The highest BCUT2D eigenvalue weighted by molar-refractivity contribution is 5.03. The maximum Gasteiger partial charge on any atom is 0.0357 e. The van der Waals surface area contributed by atoms with Gasteiger partial charge in [-0.1, -0.05) is 33.6 Å². The topological polar surface area (TPSA) is 29.3 Å². The zero-order valence-electron chi connectivity index (χ0n) is 12.7. The zero-order valence-corrected chi connectivity index (χ0v) is 12.7. The van der Waals surface area contributed by atoms with Gasteiger partial charge in [0, 0.05) is 18.6 Å². The molecule has 0 radical (unpaired) electrons. The molecule has 1 heterocycles. The molecule has 2 N–H and O–H groups in total. The number of likely N-dealkylation sites (tertiary alicyclic amines) is 1. The molecule has 0 aromatic rings. The van der Waals surface area contributed by atoms with Crippen LogP contribution in [0.1, 0.15) is 65.7 Å². The first-order chi connectivity index (χ1) is 8.62. The van der Waals surface area contributed by atoms with E-state index in [1.54, 1.807) is 0 Å². The van der Waals surface area contributed by atoms with E-state index in [2.05, 4.69) is 25.7 Å². The molecule has 0 bridgehead atoms. The van der Waals surface area contributed by atoms with Gasteiger partial charge in [0.2, 0.25) is 0 Å². The van der Waals surface area contributed by atoms with Crippen LogP contribution in [0.3, 0.4) is 0 Å². The maximum absolute atomic E-state index is 6.24. The van der Waals surface area contributed by atoms with E-state index in [4.69, 9.17) is 5.73 Å². The van der Waals surface area contributed by atoms with E-state index in [-0.39, 0.29) is 0 Å². The largest absolute Gasteiger partial charge is 0.329 e. The third-order valence-corrected chi connectivity index (χ3v) is 6.34. The molecule has 1 aliphatic carbocycles. The number of rotatable bonds is 4. The van der Waals surface area contributed by atoms with Crippen LogP contribution in [-0.2, 0) is 0 Å². The molecule has 1 aliphatic heterocycles. The summed E-state index contributed by atoms with van der Waals surface area (Å²) in [5.74, 6) is 0.778. The molecule has 2 heteroatoms. The first kappa shape index (κ1) is 14.3. The molecule has 2 atom stereocenters. The van der Waals surface area contributed by atoms with Gasteiger partial charge in [0.05, 0.1) is 0 Å². The van der Waals surface area contributed by atoms with Crippen LogP contribution < -0.4 is 5.73 Å². The molecule has 0 aromatic heterocycles. The molecule has 2 rings (SSSR count). The second kappa shape index (κ2) is 5.50. The number of nitrogens with two attached hydrogens (primary N) is 1. The van der Waals surface area contributed by atoms with Crippen LogP contribution in [0, 0.1) is 11.3 Å². The lowest BCUT2D eigenvalue weighted by molar-refractivity contribution is 0.0217. The summed E-state index contributed by atoms with van der Waals surface area (Å²) in [6.45, 7) is 10.6. The summed E-state index contributed by atoms with van der Waals surface area (Å²) in [7, 11) is 0. The maximum atomic E-state index is 6.24. The van der Waals surface area contributed by atoms with E-state index in [1.807, 2.05) is 0 Å². The minimum atomic E-state index is 0.324. The second-order valence-corrected chi connectivity index (χ2v) is 6.83. The van der Waals surface area contributed by atoms with Gasteiger partial charge in [-0.3, -0.25) is 4.90 Å². The van der Waals surface area contributed by atoms with Crippen LogP contribution in [0.4, 0.5) is 0 Å². The molecule has 1 saturated carbocycles. The van der Waals surface area contributed by atoms with Crippen LogP contribution in [0.2, 0.25) is 0 Å². The van der Waals surface area contributed by atoms with Crippen molar-refractivity contribution in [3.8, 4) is 0 Å². The SMILES string of the molecule is CCC1(CC)CCN(C2(CN)CCCCC2C)C1. The van der Waals surface area contributed by atoms with Crippen molar-refractivity contribution in [2.45, 2.75) is 71.3 Å². The van der Waals surface area contributed by atoms with Crippen molar-refractivity contribution in [2.24, 2.45) is 17.1 Å². The lowest BCUT2D eigenvalue weighted by Gasteiger charge is -2.49. The van der Waals surface area contributed by atoms with Crippen molar-refractivity contribution < 1.29 is 0 Å². The Kier molecular flexibility index (Phi) is 4.38. The van der Waals surface area contributed by atoms with Gasteiger partial charge < -0.3 is 5.73 Å². The fourth-order valence-corrected chi connectivity index (χ4v) is 4.44. The zero-order chi connectivity index (χ0) is 13.2. The molecule has 1 saturated heterocycles. The first-order valence-electron chi connectivity index (χ1n) is 8.07. The summed E-state index contributed by atoms with van der Waals surface area (Å²) in [5.41, 5.74) is 7.14. The molecule has 0 spiro atoms. The summed E-state index contributed by atoms with van der Waals surface area (Å²) in [4.78, 5) is 2.78. The molecule has 2 fully saturated rings. The van der Waals surface area contributed by atoms with Gasteiger partial charge in [-0.05, 0) is 50.0 Å². The Bertz CT molecular complexity index is 272. The molecular formula is C16H32N2. The van der Waals surface area contributed by atoms with E-state index in [1.165, 1.54) is 58.0 Å². The van der Waals surface area contributed by atoms with Gasteiger partial charge in [-0.2, -0.15) is 0 Å². The van der Waals surface area contributed by atoms with Gasteiger partial charge >= 0.3 is 0 Å². The Morgan fingerprint density at radius 1 is 1.17 bits per heavy atom. The Morgan fingerprint density at radius 3 is 2.39 bits per heavy atom. The molecule has 2 unspecified atom stereocenters. The van der Waals surface area contributed by atoms with E-state index in [9.17, 15) is 0 Å². The smallest absolute Gasteiger partial charge is 0.0357 e. The minimum Gasteiger partial charge on any atom is -0.329 e. The number of hydrogen-bond donors (Lipinski definition) is 1.